The molecule has 4 heteroatoms. The molecule has 1 heterocycles. The Kier molecular flexibility index (Phi) is 4.69. The van der Waals surface area contributed by atoms with Crippen molar-refractivity contribution >= 4 is 0 Å². The molecule has 0 aromatic carbocycles. The van der Waals surface area contributed by atoms with Crippen LogP contribution >= 0.6 is 0 Å². The summed E-state index contributed by atoms with van der Waals surface area (Å²) in [5.41, 5.74) is -0.123. The van der Waals surface area contributed by atoms with Crippen molar-refractivity contribution in [3.63, 3.8) is 0 Å². The van der Waals surface area contributed by atoms with Crippen LogP contribution in [0.5, 0.6) is 0 Å². The summed E-state index contributed by atoms with van der Waals surface area (Å²) in [6, 6.07) is 0. The molecule has 0 amide bonds. The normalized spacial score (nSPS) is 15.5. The molecule has 0 aliphatic carbocycles. The standard InChI is InChI=1S/C13H25N3O/c1-10(2)7-16-12(14-9-15-16)6-13(5,8-17)11(3)4/h9-11,17H,6-8H2,1-5H3. The molecular weight excluding hydrogens is 214 g/mol. The lowest BCUT2D eigenvalue weighted by Gasteiger charge is -2.31. The van der Waals surface area contributed by atoms with Gasteiger partial charge in [-0.2, -0.15) is 5.10 Å². The Bertz CT molecular complexity index is 346. The van der Waals surface area contributed by atoms with Crippen molar-refractivity contribution in [3.8, 4) is 0 Å². The van der Waals surface area contributed by atoms with Gasteiger partial charge in [-0.3, -0.25) is 0 Å². The molecule has 1 rings (SSSR count). The van der Waals surface area contributed by atoms with E-state index in [0.717, 1.165) is 18.8 Å². The molecule has 0 saturated heterocycles. The maximum Gasteiger partial charge on any atom is 0.138 e. The number of nitrogens with zero attached hydrogens (tertiary/aromatic N) is 3. The minimum atomic E-state index is -0.123. The minimum Gasteiger partial charge on any atom is -0.396 e. The van der Waals surface area contributed by atoms with Crippen molar-refractivity contribution in [2.75, 3.05) is 6.61 Å². The molecule has 1 aromatic heterocycles. The lowest BCUT2D eigenvalue weighted by Crippen LogP contribution is -2.32. The van der Waals surface area contributed by atoms with Gasteiger partial charge in [0, 0.05) is 19.6 Å². The van der Waals surface area contributed by atoms with Gasteiger partial charge in [-0.15, -0.1) is 0 Å². The number of hydrogen-bond donors (Lipinski definition) is 1. The highest BCUT2D eigenvalue weighted by Crippen LogP contribution is 2.30. The van der Waals surface area contributed by atoms with Crippen molar-refractivity contribution in [2.24, 2.45) is 17.3 Å². The third-order valence-electron chi connectivity index (χ3n) is 3.55. The van der Waals surface area contributed by atoms with Gasteiger partial charge in [-0.1, -0.05) is 34.6 Å². The fourth-order valence-corrected chi connectivity index (χ4v) is 1.73. The van der Waals surface area contributed by atoms with E-state index in [2.05, 4.69) is 44.7 Å². The fourth-order valence-electron chi connectivity index (χ4n) is 1.73. The molecule has 1 unspecified atom stereocenters. The molecule has 0 fully saturated rings. The molecule has 17 heavy (non-hydrogen) atoms. The Labute approximate surface area is 104 Å². The van der Waals surface area contributed by atoms with Gasteiger partial charge in [0.25, 0.3) is 0 Å². The second-order valence-electron chi connectivity index (χ2n) is 5.90. The van der Waals surface area contributed by atoms with Crippen LogP contribution in [0.1, 0.15) is 40.4 Å². The first-order chi connectivity index (χ1) is 7.89. The number of aromatic nitrogens is 3. The zero-order valence-electron chi connectivity index (χ0n) is 11.6. The molecule has 0 bridgehead atoms. The van der Waals surface area contributed by atoms with Crippen LogP contribution in [0.2, 0.25) is 0 Å². The maximum absolute atomic E-state index is 9.57. The van der Waals surface area contributed by atoms with E-state index in [0.29, 0.717) is 11.8 Å². The molecule has 98 valence electrons. The molecule has 1 atom stereocenters. The van der Waals surface area contributed by atoms with E-state index in [4.69, 9.17) is 0 Å². The summed E-state index contributed by atoms with van der Waals surface area (Å²) in [6.45, 7) is 11.8. The van der Waals surface area contributed by atoms with E-state index in [1.807, 2.05) is 4.68 Å². The van der Waals surface area contributed by atoms with Gasteiger partial charge in [0.15, 0.2) is 0 Å². The molecule has 0 aliphatic rings. The summed E-state index contributed by atoms with van der Waals surface area (Å²) in [4.78, 5) is 4.33. The van der Waals surface area contributed by atoms with Gasteiger partial charge in [-0.05, 0) is 17.3 Å². The van der Waals surface area contributed by atoms with Crippen LogP contribution in [0.3, 0.4) is 0 Å². The Morgan fingerprint density at radius 2 is 2.00 bits per heavy atom. The first-order valence-corrected chi connectivity index (χ1v) is 6.36. The number of aliphatic hydroxyl groups excluding tert-OH is 1. The van der Waals surface area contributed by atoms with Crippen molar-refractivity contribution in [1.82, 2.24) is 14.8 Å². The summed E-state index contributed by atoms with van der Waals surface area (Å²) in [6.07, 6.45) is 2.38. The van der Waals surface area contributed by atoms with E-state index in [1.54, 1.807) is 6.33 Å². The summed E-state index contributed by atoms with van der Waals surface area (Å²) < 4.78 is 1.96. The quantitative estimate of drug-likeness (QED) is 0.827. The van der Waals surface area contributed by atoms with Crippen LogP contribution in [-0.2, 0) is 13.0 Å². The smallest absolute Gasteiger partial charge is 0.138 e. The van der Waals surface area contributed by atoms with Crippen molar-refractivity contribution in [2.45, 2.75) is 47.6 Å². The van der Waals surface area contributed by atoms with Gasteiger partial charge in [0.1, 0.15) is 12.2 Å². The molecule has 1 N–H and O–H groups in total. The zero-order chi connectivity index (χ0) is 13.1. The first kappa shape index (κ1) is 14.2. The Morgan fingerprint density at radius 1 is 1.35 bits per heavy atom. The third kappa shape index (κ3) is 3.53. The topological polar surface area (TPSA) is 50.9 Å². The SMILES string of the molecule is CC(C)Cn1ncnc1CC(C)(CO)C(C)C. The van der Waals surface area contributed by atoms with Crippen molar-refractivity contribution < 1.29 is 5.11 Å². The Balaban J connectivity index is 2.83. The summed E-state index contributed by atoms with van der Waals surface area (Å²) in [5, 5.41) is 13.8. The van der Waals surface area contributed by atoms with Gasteiger partial charge < -0.3 is 5.11 Å². The average molecular weight is 239 g/mol. The lowest BCUT2D eigenvalue weighted by molar-refractivity contribution is 0.0911. The summed E-state index contributed by atoms with van der Waals surface area (Å²) in [5.74, 6) is 1.94. The minimum absolute atomic E-state index is 0.123. The van der Waals surface area contributed by atoms with Crippen molar-refractivity contribution in [3.05, 3.63) is 12.2 Å². The van der Waals surface area contributed by atoms with E-state index < -0.39 is 0 Å². The third-order valence-corrected chi connectivity index (χ3v) is 3.55. The number of hydrogen-bond acceptors (Lipinski definition) is 3. The van der Waals surface area contributed by atoms with Crippen molar-refractivity contribution in [1.29, 1.82) is 0 Å². The Hall–Kier alpha value is -0.900. The van der Waals surface area contributed by atoms with Crippen LogP contribution < -0.4 is 0 Å². The molecule has 0 spiro atoms. The van der Waals surface area contributed by atoms with E-state index >= 15 is 0 Å². The second-order valence-corrected chi connectivity index (χ2v) is 5.90. The zero-order valence-corrected chi connectivity index (χ0v) is 11.6. The summed E-state index contributed by atoms with van der Waals surface area (Å²) in [7, 11) is 0. The highest BCUT2D eigenvalue weighted by molar-refractivity contribution is 4.93. The molecule has 0 saturated carbocycles. The first-order valence-electron chi connectivity index (χ1n) is 6.36. The van der Waals surface area contributed by atoms with Gasteiger partial charge >= 0.3 is 0 Å². The largest absolute Gasteiger partial charge is 0.396 e. The van der Waals surface area contributed by atoms with Gasteiger partial charge in [0.05, 0.1) is 0 Å². The molecule has 1 aromatic rings. The highest BCUT2D eigenvalue weighted by atomic mass is 16.3. The predicted octanol–water partition coefficient (Wildman–Crippen LogP) is 2.13. The number of rotatable bonds is 6. The van der Waals surface area contributed by atoms with Gasteiger partial charge in [-0.25, -0.2) is 9.67 Å². The molecule has 0 radical (unpaired) electrons. The van der Waals surface area contributed by atoms with E-state index in [1.165, 1.54) is 0 Å². The van der Waals surface area contributed by atoms with Gasteiger partial charge in [0.2, 0.25) is 0 Å². The van der Waals surface area contributed by atoms with Crippen LogP contribution in [0, 0.1) is 17.3 Å². The highest BCUT2D eigenvalue weighted by Gasteiger charge is 2.29. The van der Waals surface area contributed by atoms with Crippen LogP contribution in [-0.4, -0.2) is 26.5 Å². The van der Waals surface area contributed by atoms with E-state index in [-0.39, 0.29) is 12.0 Å². The number of aliphatic hydroxyl groups is 1. The fraction of sp³-hybridized carbons (Fsp3) is 0.846. The molecular formula is C13H25N3O. The predicted molar refractivity (Wildman–Crippen MR) is 68.6 cm³/mol. The molecule has 4 nitrogen and oxygen atoms in total. The maximum atomic E-state index is 9.57. The summed E-state index contributed by atoms with van der Waals surface area (Å²) >= 11 is 0. The van der Waals surface area contributed by atoms with Crippen LogP contribution in [0.4, 0.5) is 0 Å². The average Bonchev–Trinajstić information content (AvgIpc) is 2.64. The lowest BCUT2D eigenvalue weighted by atomic mass is 9.77. The second kappa shape index (κ2) is 5.63. The van der Waals surface area contributed by atoms with Crippen LogP contribution in [0.25, 0.3) is 0 Å². The van der Waals surface area contributed by atoms with E-state index in [9.17, 15) is 5.11 Å². The van der Waals surface area contributed by atoms with Crippen LogP contribution in [0.15, 0.2) is 6.33 Å². The Morgan fingerprint density at radius 3 is 2.47 bits per heavy atom. The molecule has 0 aliphatic heterocycles. The monoisotopic (exact) mass is 239 g/mol.